The first-order chi connectivity index (χ1) is 17.5. The van der Waals surface area contributed by atoms with Gasteiger partial charge in [-0.3, -0.25) is 14.9 Å². The highest BCUT2D eigenvalue weighted by Crippen LogP contribution is 2.39. The third-order valence-electron chi connectivity index (χ3n) is 6.61. The quantitative estimate of drug-likeness (QED) is 0.315. The van der Waals surface area contributed by atoms with Crippen molar-refractivity contribution in [3.63, 3.8) is 0 Å². The van der Waals surface area contributed by atoms with Crippen molar-refractivity contribution >= 4 is 46.2 Å². The SMILES string of the molecule is C.O=C(COC1CCN(c2ccc([N+](=O)[O-])c(C(F)(F)F)c2)CC1)N1CCN(c2ccc(Cl)cc2Cl)CC1. The minimum Gasteiger partial charge on any atom is -0.371 e. The summed E-state index contributed by atoms with van der Waals surface area (Å²) in [4.78, 5) is 28.2. The van der Waals surface area contributed by atoms with E-state index in [0.717, 1.165) is 17.8 Å². The zero-order valence-electron chi connectivity index (χ0n) is 19.7. The van der Waals surface area contributed by atoms with Crippen LogP contribution in [0.4, 0.5) is 30.2 Å². The van der Waals surface area contributed by atoms with Crippen molar-refractivity contribution in [3.05, 3.63) is 62.1 Å². The fourth-order valence-corrected chi connectivity index (χ4v) is 5.13. The van der Waals surface area contributed by atoms with Crippen LogP contribution in [-0.4, -0.2) is 67.7 Å². The van der Waals surface area contributed by atoms with Crippen LogP contribution in [0.2, 0.25) is 10.0 Å². The van der Waals surface area contributed by atoms with Crippen molar-refractivity contribution in [1.29, 1.82) is 0 Å². The van der Waals surface area contributed by atoms with E-state index in [-0.39, 0.29) is 31.7 Å². The van der Waals surface area contributed by atoms with E-state index in [1.807, 2.05) is 6.07 Å². The van der Waals surface area contributed by atoms with E-state index in [4.69, 9.17) is 27.9 Å². The summed E-state index contributed by atoms with van der Waals surface area (Å²) >= 11 is 12.2. The molecule has 0 radical (unpaired) electrons. The summed E-state index contributed by atoms with van der Waals surface area (Å²) in [5.41, 5.74) is -1.09. The molecule has 208 valence electrons. The van der Waals surface area contributed by atoms with Crippen molar-refractivity contribution in [2.75, 3.05) is 55.7 Å². The first-order valence-corrected chi connectivity index (χ1v) is 12.5. The number of halogens is 5. The molecule has 2 aliphatic heterocycles. The minimum atomic E-state index is -4.83. The lowest BCUT2D eigenvalue weighted by Crippen LogP contribution is -2.50. The summed E-state index contributed by atoms with van der Waals surface area (Å²) < 4.78 is 45.7. The number of alkyl halides is 3. The van der Waals surface area contributed by atoms with Crippen LogP contribution in [-0.2, 0) is 15.7 Å². The predicted molar refractivity (Wildman–Crippen MR) is 141 cm³/mol. The fraction of sp³-hybridized carbons (Fsp3) is 0.480. The number of piperazine rings is 1. The lowest BCUT2D eigenvalue weighted by atomic mass is 10.1. The molecular weight excluding hydrogens is 548 g/mol. The molecule has 2 aromatic carbocycles. The number of hydrogen-bond donors (Lipinski definition) is 0. The summed E-state index contributed by atoms with van der Waals surface area (Å²) in [7, 11) is 0. The zero-order valence-corrected chi connectivity index (χ0v) is 21.2. The van der Waals surface area contributed by atoms with Gasteiger partial charge >= 0.3 is 6.18 Å². The second kappa shape index (κ2) is 12.4. The van der Waals surface area contributed by atoms with Crippen LogP contribution in [0.25, 0.3) is 0 Å². The highest BCUT2D eigenvalue weighted by atomic mass is 35.5. The van der Waals surface area contributed by atoms with E-state index in [1.54, 1.807) is 21.9 Å². The van der Waals surface area contributed by atoms with E-state index < -0.39 is 22.4 Å². The minimum absolute atomic E-state index is 0. The molecule has 0 aromatic heterocycles. The smallest absolute Gasteiger partial charge is 0.371 e. The van der Waals surface area contributed by atoms with Gasteiger partial charge in [0.15, 0.2) is 0 Å². The molecule has 8 nitrogen and oxygen atoms in total. The number of carbonyl (C=O) groups is 1. The Morgan fingerprint density at radius 1 is 1.00 bits per heavy atom. The van der Waals surface area contributed by atoms with Gasteiger partial charge in [-0.25, -0.2) is 0 Å². The largest absolute Gasteiger partial charge is 0.423 e. The molecule has 0 aliphatic carbocycles. The van der Waals surface area contributed by atoms with Crippen molar-refractivity contribution < 1.29 is 27.6 Å². The Morgan fingerprint density at radius 3 is 2.24 bits per heavy atom. The van der Waals surface area contributed by atoms with Crippen LogP contribution >= 0.6 is 23.2 Å². The zero-order chi connectivity index (χ0) is 26.7. The monoisotopic (exact) mass is 576 g/mol. The van der Waals surface area contributed by atoms with Crippen molar-refractivity contribution in [2.45, 2.75) is 32.5 Å². The van der Waals surface area contributed by atoms with E-state index in [9.17, 15) is 28.1 Å². The number of nitrogens with zero attached hydrogens (tertiary/aromatic N) is 4. The number of nitro benzene ring substituents is 1. The number of rotatable bonds is 6. The van der Waals surface area contributed by atoms with Crippen LogP contribution < -0.4 is 9.80 Å². The molecule has 0 unspecified atom stereocenters. The number of piperidine rings is 1. The van der Waals surface area contributed by atoms with Gasteiger partial charge in [0.1, 0.15) is 12.2 Å². The molecular formula is C25H29Cl2F3N4O4. The first kappa shape index (κ1) is 29.8. The number of benzene rings is 2. The molecule has 2 fully saturated rings. The molecule has 4 rings (SSSR count). The topological polar surface area (TPSA) is 79.2 Å². The van der Waals surface area contributed by atoms with Gasteiger partial charge in [0.25, 0.3) is 5.69 Å². The fourth-order valence-electron chi connectivity index (χ4n) is 4.60. The molecule has 0 spiro atoms. The van der Waals surface area contributed by atoms with E-state index >= 15 is 0 Å². The second-order valence-corrected chi connectivity index (χ2v) is 9.76. The predicted octanol–water partition coefficient (Wildman–Crippen LogP) is 5.89. The normalized spacial score (nSPS) is 16.8. The molecule has 2 heterocycles. The molecule has 2 aliphatic rings. The number of carbonyl (C=O) groups excluding carboxylic acids is 1. The average Bonchev–Trinajstić information content (AvgIpc) is 2.87. The molecule has 2 aromatic rings. The Balaban J connectivity index is 0.00000400. The number of anilines is 2. The van der Waals surface area contributed by atoms with Gasteiger partial charge in [-0.15, -0.1) is 0 Å². The van der Waals surface area contributed by atoms with Gasteiger partial charge in [-0.2, -0.15) is 13.2 Å². The van der Waals surface area contributed by atoms with Crippen LogP contribution in [0.15, 0.2) is 36.4 Å². The van der Waals surface area contributed by atoms with Crippen LogP contribution in [0, 0.1) is 10.1 Å². The van der Waals surface area contributed by atoms with Crippen LogP contribution in [0.5, 0.6) is 0 Å². The summed E-state index contributed by atoms with van der Waals surface area (Å²) in [5.74, 6) is -0.116. The summed E-state index contributed by atoms with van der Waals surface area (Å²) in [6.45, 7) is 3.06. The maximum atomic E-state index is 13.3. The second-order valence-electron chi connectivity index (χ2n) is 8.92. The van der Waals surface area contributed by atoms with E-state index in [1.165, 1.54) is 6.07 Å². The lowest BCUT2D eigenvalue weighted by Gasteiger charge is -2.37. The molecule has 0 N–H and O–H groups in total. The Labute approximate surface area is 229 Å². The Kier molecular flexibility index (Phi) is 9.72. The molecule has 0 saturated carbocycles. The first-order valence-electron chi connectivity index (χ1n) is 11.7. The maximum Gasteiger partial charge on any atom is 0.423 e. The van der Waals surface area contributed by atoms with Gasteiger partial charge in [-0.1, -0.05) is 30.6 Å². The lowest BCUT2D eigenvalue weighted by molar-refractivity contribution is -0.388. The van der Waals surface area contributed by atoms with Crippen molar-refractivity contribution in [1.82, 2.24) is 4.90 Å². The van der Waals surface area contributed by atoms with Gasteiger partial charge in [0.05, 0.1) is 21.7 Å². The van der Waals surface area contributed by atoms with Crippen molar-refractivity contribution in [3.8, 4) is 0 Å². The molecule has 0 bridgehead atoms. The van der Waals surface area contributed by atoms with Crippen molar-refractivity contribution in [2.24, 2.45) is 0 Å². The number of ether oxygens (including phenoxy) is 1. The van der Waals surface area contributed by atoms with E-state index in [0.29, 0.717) is 62.2 Å². The molecule has 2 saturated heterocycles. The van der Waals surface area contributed by atoms with Crippen LogP contribution in [0.3, 0.4) is 0 Å². The highest BCUT2D eigenvalue weighted by molar-refractivity contribution is 6.36. The molecule has 1 amide bonds. The number of nitro groups is 1. The molecule has 13 heteroatoms. The Hall–Kier alpha value is -2.76. The van der Waals surface area contributed by atoms with Gasteiger partial charge in [0.2, 0.25) is 5.91 Å². The van der Waals surface area contributed by atoms with E-state index in [2.05, 4.69) is 4.90 Å². The summed E-state index contributed by atoms with van der Waals surface area (Å²) in [5, 5.41) is 12.1. The Morgan fingerprint density at radius 2 is 1.66 bits per heavy atom. The summed E-state index contributed by atoms with van der Waals surface area (Å²) in [6, 6.07) is 8.36. The third kappa shape index (κ3) is 7.00. The van der Waals surface area contributed by atoms with Crippen LogP contribution in [0.1, 0.15) is 25.8 Å². The van der Waals surface area contributed by atoms with Gasteiger partial charge < -0.3 is 19.4 Å². The summed E-state index contributed by atoms with van der Waals surface area (Å²) in [6.07, 6.45) is -3.98. The Bertz CT molecular complexity index is 1150. The highest BCUT2D eigenvalue weighted by Gasteiger charge is 2.39. The standard InChI is InChI=1S/C24H25Cl2F3N4O4.CH4/c25-16-1-3-22(20(26)13-16)31-9-11-32(12-10-31)23(34)15-37-18-5-7-30(8-6-18)17-2-4-21(33(35)36)19(14-17)24(27,28)29;/h1-4,13-14,18H,5-12,15H2;1H4. The number of amides is 1. The number of hydrogen-bond acceptors (Lipinski definition) is 6. The maximum absolute atomic E-state index is 13.3. The van der Waals surface area contributed by atoms with Gasteiger partial charge in [0, 0.05) is 56.0 Å². The molecule has 38 heavy (non-hydrogen) atoms. The molecule has 0 atom stereocenters. The van der Waals surface area contributed by atoms with Gasteiger partial charge in [-0.05, 0) is 43.2 Å². The average molecular weight is 577 g/mol. The third-order valence-corrected chi connectivity index (χ3v) is 7.15.